The molecule has 0 bridgehead atoms. The highest BCUT2D eigenvalue weighted by Gasteiger charge is 2.13. The van der Waals surface area contributed by atoms with Gasteiger partial charge in [0.2, 0.25) is 5.91 Å². The average Bonchev–Trinajstić information content (AvgIpc) is 3.02. The summed E-state index contributed by atoms with van der Waals surface area (Å²) in [6.07, 6.45) is 0. The van der Waals surface area contributed by atoms with E-state index in [1.807, 2.05) is 35.9 Å². The van der Waals surface area contributed by atoms with Gasteiger partial charge in [0.25, 0.3) is 0 Å². The Kier molecular flexibility index (Phi) is 5.92. The third-order valence-electron chi connectivity index (χ3n) is 3.69. The number of carboxylic acid groups (broad SMARTS) is 1. The Morgan fingerprint density at radius 1 is 1.11 bits per heavy atom. The summed E-state index contributed by atoms with van der Waals surface area (Å²) in [5, 5.41) is 20.6. The van der Waals surface area contributed by atoms with Crippen LogP contribution >= 0.6 is 27.7 Å². The monoisotopic (exact) mass is 446 g/mol. The van der Waals surface area contributed by atoms with Gasteiger partial charge in [-0.1, -0.05) is 39.8 Å². The standard InChI is InChI=1S/C18H15BrN4O3S/c1-23-16(11-2-6-13(19)7-3-11)21-22-18(23)27-10-15(24)20-14-8-4-12(5-9-14)17(25)26/h2-9H,10H2,1H3,(H,20,24)(H,25,26). The van der Waals surface area contributed by atoms with Crippen molar-refractivity contribution in [1.82, 2.24) is 14.8 Å². The summed E-state index contributed by atoms with van der Waals surface area (Å²) in [5.74, 6) is -0.342. The van der Waals surface area contributed by atoms with Crippen LogP contribution in [0, 0.1) is 0 Å². The van der Waals surface area contributed by atoms with Gasteiger partial charge in [0, 0.05) is 22.8 Å². The van der Waals surface area contributed by atoms with Gasteiger partial charge in [-0.2, -0.15) is 0 Å². The molecule has 0 unspecified atom stereocenters. The molecule has 3 aromatic rings. The molecule has 0 aliphatic rings. The van der Waals surface area contributed by atoms with Crippen molar-refractivity contribution in [3.8, 4) is 11.4 Å². The van der Waals surface area contributed by atoms with Gasteiger partial charge in [-0.05, 0) is 36.4 Å². The van der Waals surface area contributed by atoms with Crippen molar-refractivity contribution < 1.29 is 14.7 Å². The summed E-state index contributed by atoms with van der Waals surface area (Å²) >= 11 is 4.68. The van der Waals surface area contributed by atoms with Crippen LogP contribution in [0.25, 0.3) is 11.4 Å². The summed E-state index contributed by atoms with van der Waals surface area (Å²) in [4.78, 5) is 23.0. The number of amides is 1. The Balaban J connectivity index is 1.60. The minimum atomic E-state index is -1.01. The molecule has 0 aliphatic heterocycles. The Hall–Kier alpha value is -2.65. The Labute approximate surface area is 167 Å². The number of benzene rings is 2. The number of nitrogens with one attached hydrogen (secondary N) is 1. The molecule has 0 fully saturated rings. The minimum Gasteiger partial charge on any atom is -0.478 e. The smallest absolute Gasteiger partial charge is 0.335 e. The van der Waals surface area contributed by atoms with Crippen molar-refractivity contribution in [2.45, 2.75) is 5.16 Å². The Bertz CT molecular complexity index is 971. The highest BCUT2D eigenvalue weighted by molar-refractivity contribution is 9.10. The van der Waals surface area contributed by atoms with Crippen LogP contribution in [-0.4, -0.2) is 37.5 Å². The van der Waals surface area contributed by atoms with E-state index in [4.69, 9.17) is 5.11 Å². The molecule has 0 saturated carbocycles. The van der Waals surface area contributed by atoms with Crippen LogP contribution in [0.2, 0.25) is 0 Å². The van der Waals surface area contributed by atoms with Crippen LogP contribution in [0.1, 0.15) is 10.4 Å². The maximum atomic E-state index is 12.1. The Morgan fingerprint density at radius 3 is 2.41 bits per heavy atom. The summed E-state index contributed by atoms with van der Waals surface area (Å²) in [7, 11) is 1.85. The van der Waals surface area contributed by atoms with E-state index in [2.05, 4.69) is 31.4 Å². The lowest BCUT2D eigenvalue weighted by Gasteiger charge is -2.06. The fourth-order valence-electron chi connectivity index (χ4n) is 2.31. The van der Waals surface area contributed by atoms with E-state index in [-0.39, 0.29) is 17.2 Å². The molecule has 9 heteroatoms. The van der Waals surface area contributed by atoms with E-state index in [0.29, 0.717) is 10.8 Å². The third-order valence-corrected chi connectivity index (χ3v) is 5.23. The number of carbonyl (C=O) groups is 2. The molecule has 0 saturated heterocycles. The lowest BCUT2D eigenvalue weighted by Crippen LogP contribution is -2.14. The van der Waals surface area contributed by atoms with Crippen LogP contribution in [0.3, 0.4) is 0 Å². The maximum Gasteiger partial charge on any atom is 0.335 e. The number of halogens is 1. The highest BCUT2D eigenvalue weighted by atomic mass is 79.9. The average molecular weight is 447 g/mol. The lowest BCUT2D eigenvalue weighted by molar-refractivity contribution is -0.113. The number of nitrogens with zero attached hydrogens (tertiary/aromatic N) is 3. The van der Waals surface area contributed by atoms with Crippen LogP contribution in [0.5, 0.6) is 0 Å². The number of carbonyl (C=O) groups excluding carboxylic acids is 1. The molecule has 1 aromatic heterocycles. The zero-order valence-electron chi connectivity index (χ0n) is 14.2. The lowest BCUT2D eigenvalue weighted by atomic mass is 10.2. The summed E-state index contributed by atoms with van der Waals surface area (Å²) in [6.45, 7) is 0. The van der Waals surface area contributed by atoms with Crippen LogP contribution < -0.4 is 5.32 Å². The van der Waals surface area contributed by atoms with Crippen molar-refractivity contribution in [2.75, 3.05) is 11.1 Å². The number of thioether (sulfide) groups is 1. The zero-order valence-corrected chi connectivity index (χ0v) is 16.6. The molecule has 1 heterocycles. The number of carboxylic acids is 1. The molecule has 1 amide bonds. The predicted octanol–water partition coefficient (Wildman–Crippen LogP) is 3.67. The molecule has 7 nitrogen and oxygen atoms in total. The molecular weight excluding hydrogens is 432 g/mol. The van der Waals surface area contributed by atoms with Gasteiger partial charge < -0.3 is 15.0 Å². The molecule has 0 atom stereocenters. The van der Waals surface area contributed by atoms with Crippen LogP contribution in [0.15, 0.2) is 58.2 Å². The van der Waals surface area contributed by atoms with Gasteiger partial charge in [-0.25, -0.2) is 4.79 Å². The molecule has 3 rings (SSSR count). The molecular formula is C18H15BrN4O3S. The van der Waals surface area contributed by atoms with Gasteiger partial charge in [-0.3, -0.25) is 4.79 Å². The predicted molar refractivity (Wildman–Crippen MR) is 107 cm³/mol. The van der Waals surface area contributed by atoms with Crippen molar-refractivity contribution in [3.63, 3.8) is 0 Å². The second kappa shape index (κ2) is 8.36. The number of aromatic nitrogens is 3. The SMILES string of the molecule is Cn1c(SCC(=O)Nc2ccc(C(=O)O)cc2)nnc1-c1ccc(Br)cc1. The number of aromatic carboxylic acids is 1. The van der Waals surface area contributed by atoms with Crippen LogP contribution in [0.4, 0.5) is 5.69 Å². The first-order valence-corrected chi connectivity index (χ1v) is 9.63. The fraction of sp³-hybridized carbons (Fsp3) is 0.111. The molecule has 27 heavy (non-hydrogen) atoms. The first kappa shape index (κ1) is 19.1. The number of rotatable bonds is 6. The zero-order chi connectivity index (χ0) is 19.4. The van der Waals surface area contributed by atoms with Gasteiger partial charge >= 0.3 is 5.97 Å². The topological polar surface area (TPSA) is 97.1 Å². The summed E-state index contributed by atoms with van der Waals surface area (Å²) in [6, 6.07) is 13.7. The molecule has 0 spiro atoms. The molecule has 138 valence electrons. The second-order valence-corrected chi connectivity index (χ2v) is 7.45. The van der Waals surface area contributed by atoms with E-state index < -0.39 is 5.97 Å². The van der Waals surface area contributed by atoms with Gasteiger partial charge in [0.1, 0.15) is 0 Å². The van der Waals surface area contributed by atoms with Gasteiger partial charge in [0.05, 0.1) is 11.3 Å². The quantitative estimate of drug-likeness (QED) is 0.560. The molecule has 2 aromatic carbocycles. The maximum absolute atomic E-state index is 12.1. The summed E-state index contributed by atoms with van der Waals surface area (Å²) < 4.78 is 2.82. The first-order valence-electron chi connectivity index (χ1n) is 7.85. The van der Waals surface area contributed by atoms with E-state index in [1.165, 1.54) is 23.9 Å². The largest absolute Gasteiger partial charge is 0.478 e. The van der Waals surface area contributed by atoms with Crippen LogP contribution in [-0.2, 0) is 11.8 Å². The first-order chi connectivity index (χ1) is 12.9. The third kappa shape index (κ3) is 4.75. The molecule has 2 N–H and O–H groups in total. The Morgan fingerprint density at radius 2 is 1.78 bits per heavy atom. The number of hydrogen-bond donors (Lipinski definition) is 2. The van der Waals surface area contributed by atoms with Gasteiger partial charge in [-0.15, -0.1) is 10.2 Å². The normalized spacial score (nSPS) is 10.6. The molecule has 0 aliphatic carbocycles. The van der Waals surface area contributed by atoms with Crippen molar-refractivity contribution in [1.29, 1.82) is 0 Å². The van der Waals surface area contributed by atoms with Gasteiger partial charge in [0.15, 0.2) is 11.0 Å². The van der Waals surface area contributed by atoms with E-state index >= 15 is 0 Å². The number of anilines is 1. The number of hydrogen-bond acceptors (Lipinski definition) is 5. The van der Waals surface area contributed by atoms with Crippen molar-refractivity contribution >= 4 is 45.3 Å². The van der Waals surface area contributed by atoms with E-state index in [9.17, 15) is 9.59 Å². The molecule has 0 radical (unpaired) electrons. The fourth-order valence-corrected chi connectivity index (χ4v) is 3.29. The highest BCUT2D eigenvalue weighted by Crippen LogP contribution is 2.24. The van der Waals surface area contributed by atoms with Crippen molar-refractivity contribution in [2.24, 2.45) is 7.05 Å². The van der Waals surface area contributed by atoms with Crippen molar-refractivity contribution in [3.05, 3.63) is 58.6 Å². The second-order valence-electron chi connectivity index (χ2n) is 5.59. The minimum absolute atomic E-state index is 0.160. The summed E-state index contributed by atoms with van der Waals surface area (Å²) in [5.41, 5.74) is 1.64. The van der Waals surface area contributed by atoms with E-state index in [1.54, 1.807) is 12.1 Å². The van der Waals surface area contributed by atoms with E-state index in [0.717, 1.165) is 15.9 Å².